The Labute approximate surface area is 211 Å². The normalized spacial score (nSPS) is 14.9. The first-order valence-electron chi connectivity index (χ1n) is 12.2. The van der Waals surface area contributed by atoms with E-state index >= 15 is 0 Å². The number of nitrogens with one attached hydrogen (secondary N) is 1. The number of nitrogens with zero attached hydrogens (tertiary/aromatic N) is 4. The number of rotatable bonds is 7. The van der Waals surface area contributed by atoms with E-state index in [0.29, 0.717) is 6.54 Å². The summed E-state index contributed by atoms with van der Waals surface area (Å²) in [6.45, 7) is 9.20. The van der Waals surface area contributed by atoms with Crippen LogP contribution in [0.5, 0.6) is 17.2 Å². The molecule has 0 unspecified atom stereocenters. The van der Waals surface area contributed by atoms with Crippen LogP contribution in [0.1, 0.15) is 30.9 Å². The van der Waals surface area contributed by atoms with Gasteiger partial charge in [0.25, 0.3) is 0 Å². The van der Waals surface area contributed by atoms with Crippen LogP contribution in [0.15, 0.2) is 36.7 Å². The first kappa shape index (κ1) is 23.4. The van der Waals surface area contributed by atoms with Crippen molar-refractivity contribution in [3.8, 4) is 17.2 Å². The van der Waals surface area contributed by atoms with Gasteiger partial charge < -0.3 is 29.3 Å². The van der Waals surface area contributed by atoms with Crippen molar-refractivity contribution in [2.45, 2.75) is 33.2 Å². The van der Waals surface area contributed by atoms with E-state index < -0.39 is 0 Å². The molecule has 35 heavy (non-hydrogen) atoms. The molecule has 9 heteroatoms. The number of unbranched alkanes of at least 4 members (excludes halogenated alkanes) is 1. The fraction of sp³-hybridized carbons (Fsp3) is 0.423. The quantitative estimate of drug-likeness (QED) is 0.388. The second-order valence-corrected chi connectivity index (χ2v) is 9.24. The maximum absolute atomic E-state index is 6.04. The highest BCUT2D eigenvalue weighted by atomic mass is 32.1. The lowest BCUT2D eigenvalue weighted by molar-refractivity contribution is 0.174. The maximum Gasteiger partial charge on any atom is 0.231 e. The predicted molar refractivity (Wildman–Crippen MR) is 140 cm³/mol. The summed E-state index contributed by atoms with van der Waals surface area (Å²) >= 11 is 5.68. The van der Waals surface area contributed by atoms with Gasteiger partial charge in [-0.1, -0.05) is 19.4 Å². The van der Waals surface area contributed by atoms with Gasteiger partial charge in [-0.15, -0.1) is 0 Å². The van der Waals surface area contributed by atoms with Crippen LogP contribution < -0.4 is 24.4 Å². The van der Waals surface area contributed by atoms with Crippen LogP contribution in [-0.4, -0.2) is 59.6 Å². The SMILES string of the molecule is CCCCOc1cc2c(N3CCN(C(=S)NCc4ccc5c(c4)OCO5)CC3)ncnc2cc1C. The summed E-state index contributed by atoms with van der Waals surface area (Å²) in [6, 6.07) is 10.2. The summed E-state index contributed by atoms with van der Waals surface area (Å²) in [5.74, 6) is 3.44. The number of ether oxygens (including phenoxy) is 3. The molecule has 8 nitrogen and oxygen atoms in total. The third-order valence-corrected chi connectivity index (χ3v) is 6.82. The number of benzene rings is 2. The first-order valence-corrected chi connectivity index (χ1v) is 12.6. The van der Waals surface area contributed by atoms with Gasteiger partial charge in [-0.05, 0) is 61.0 Å². The van der Waals surface area contributed by atoms with Crippen LogP contribution in [-0.2, 0) is 6.54 Å². The molecule has 1 N–H and O–H groups in total. The molecule has 1 aromatic heterocycles. The van der Waals surface area contributed by atoms with Crippen molar-refractivity contribution in [1.29, 1.82) is 0 Å². The molecule has 2 aromatic carbocycles. The topological polar surface area (TPSA) is 72.0 Å². The molecular weight excluding hydrogens is 462 g/mol. The fourth-order valence-electron chi connectivity index (χ4n) is 4.37. The standard InChI is InChI=1S/C26H31N5O3S/c1-3-4-11-32-23-14-20-21(12-18(23)2)28-16-29-25(20)30-7-9-31(10-8-30)26(35)27-15-19-5-6-22-24(13-19)34-17-33-22/h5-6,12-14,16H,3-4,7-11,15,17H2,1-2H3,(H,27,35). The Morgan fingerprint density at radius 2 is 1.91 bits per heavy atom. The van der Waals surface area contributed by atoms with Crippen molar-refractivity contribution in [3.63, 3.8) is 0 Å². The Morgan fingerprint density at radius 3 is 2.74 bits per heavy atom. The summed E-state index contributed by atoms with van der Waals surface area (Å²) in [6.07, 6.45) is 3.80. The van der Waals surface area contributed by atoms with Gasteiger partial charge in [0.05, 0.1) is 12.1 Å². The molecule has 0 bridgehead atoms. The number of hydrogen-bond donors (Lipinski definition) is 1. The van der Waals surface area contributed by atoms with E-state index in [-0.39, 0.29) is 6.79 Å². The van der Waals surface area contributed by atoms with Crippen LogP contribution >= 0.6 is 12.2 Å². The average Bonchev–Trinajstić information content (AvgIpc) is 3.35. The average molecular weight is 494 g/mol. The zero-order valence-electron chi connectivity index (χ0n) is 20.2. The molecule has 0 spiro atoms. The second kappa shape index (κ2) is 10.5. The van der Waals surface area contributed by atoms with Crippen LogP contribution in [0.3, 0.4) is 0 Å². The molecule has 3 aromatic rings. The van der Waals surface area contributed by atoms with Gasteiger partial charge in [0.1, 0.15) is 17.9 Å². The molecule has 1 fully saturated rings. The lowest BCUT2D eigenvalue weighted by atomic mass is 10.1. The highest BCUT2D eigenvalue weighted by molar-refractivity contribution is 7.80. The monoisotopic (exact) mass is 493 g/mol. The van der Waals surface area contributed by atoms with Crippen LogP contribution in [0.25, 0.3) is 10.9 Å². The Hall–Kier alpha value is -3.33. The molecule has 1 saturated heterocycles. The molecule has 0 saturated carbocycles. The van der Waals surface area contributed by atoms with Crippen molar-refractivity contribution < 1.29 is 14.2 Å². The Morgan fingerprint density at radius 1 is 1.09 bits per heavy atom. The minimum Gasteiger partial charge on any atom is -0.493 e. The molecule has 0 radical (unpaired) electrons. The van der Waals surface area contributed by atoms with Crippen LogP contribution in [0, 0.1) is 6.92 Å². The third kappa shape index (κ3) is 5.19. The van der Waals surface area contributed by atoms with E-state index in [0.717, 1.165) is 95.8 Å². The molecule has 2 aliphatic heterocycles. The third-order valence-electron chi connectivity index (χ3n) is 6.41. The summed E-state index contributed by atoms with van der Waals surface area (Å²) in [5, 5.41) is 5.17. The molecule has 2 aliphatic rings. The highest BCUT2D eigenvalue weighted by Gasteiger charge is 2.22. The lowest BCUT2D eigenvalue weighted by Crippen LogP contribution is -2.51. The highest BCUT2D eigenvalue weighted by Crippen LogP contribution is 2.33. The summed E-state index contributed by atoms with van der Waals surface area (Å²) < 4.78 is 16.9. The smallest absolute Gasteiger partial charge is 0.231 e. The van der Waals surface area contributed by atoms with E-state index in [1.54, 1.807) is 6.33 Å². The second-order valence-electron chi connectivity index (χ2n) is 8.85. The molecule has 0 atom stereocenters. The van der Waals surface area contributed by atoms with Crippen LogP contribution in [0.4, 0.5) is 5.82 Å². The summed E-state index contributed by atoms with van der Waals surface area (Å²) in [4.78, 5) is 13.7. The zero-order valence-corrected chi connectivity index (χ0v) is 21.1. The molecule has 3 heterocycles. The lowest BCUT2D eigenvalue weighted by Gasteiger charge is -2.37. The number of fused-ring (bicyclic) bond motifs is 2. The van der Waals surface area contributed by atoms with Crippen molar-refractivity contribution in [1.82, 2.24) is 20.2 Å². The first-order chi connectivity index (χ1) is 17.1. The van der Waals surface area contributed by atoms with Crippen molar-refractivity contribution in [3.05, 3.63) is 47.8 Å². The molecular formula is C26H31N5O3S. The number of anilines is 1. The Balaban J connectivity index is 1.21. The molecule has 5 rings (SSSR count). The molecule has 0 amide bonds. The van der Waals surface area contributed by atoms with Gasteiger partial charge in [0.2, 0.25) is 6.79 Å². The van der Waals surface area contributed by atoms with Crippen LogP contribution in [0.2, 0.25) is 0 Å². The van der Waals surface area contributed by atoms with Crippen molar-refractivity contribution in [2.24, 2.45) is 0 Å². The molecule has 184 valence electrons. The van der Waals surface area contributed by atoms with E-state index in [4.69, 9.17) is 26.4 Å². The summed E-state index contributed by atoms with van der Waals surface area (Å²) in [7, 11) is 0. The Kier molecular flexibility index (Phi) is 7.03. The number of aromatic nitrogens is 2. The number of piperazine rings is 1. The predicted octanol–water partition coefficient (Wildman–Crippen LogP) is 4.04. The van der Waals surface area contributed by atoms with Crippen molar-refractivity contribution in [2.75, 3.05) is 44.5 Å². The van der Waals surface area contributed by atoms with Gasteiger partial charge in [-0.3, -0.25) is 0 Å². The van der Waals surface area contributed by atoms with Gasteiger partial charge in [-0.2, -0.15) is 0 Å². The van der Waals surface area contributed by atoms with Gasteiger partial charge in [0.15, 0.2) is 16.6 Å². The number of aryl methyl sites for hydroxylation is 1. The number of thiocarbonyl (C=S) groups is 1. The Bertz CT molecular complexity index is 1210. The zero-order chi connectivity index (χ0) is 24.2. The van der Waals surface area contributed by atoms with E-state index in [1.165, 1.54) is 0 Å². The van der Waals surface area contributed by atoms with Gasteiger partial charge >= 0.3 is 0 Å². The maximum atomic E-state index is 6.04. The largest absolute Gasteiger partial charge is 0.493 e. The number of hydrogen-bond acceptors (Lipinski definition) is 7. The molecule has 0 aliphatic carbocycles. The minimum absolute atomic E-state index is 0.281. The van der Waals surface area contributed by atoms with E-state index in [2.05, 4.69) is 51.1 Å². The fourth-order valence-corrected chi connectivity index (χ4v) is 4.62. The van der Waals surface area contributed by atoms with E-state index in [9.17, 15) is 0 Å². The van der Waals surface area contributed by atoms with Crippen molar-refractivity contribution >= 4 is 34.1 Å². The van der Waals surface area contributed by atoms with Gasteiger partial charge in [0, 0.05) is 38.1 Å². The van der Waals surface area contributed by atoms with E-state index in [1.807, 2.05) is 18.2 Å². The minimum atomic E-state index is 0.281. The van der Waals surface area contributed by atoms with Gasteiger partial charge in [-0.25, -0.2) is 9.97 Å². The summed E-state index contributed by atoms with van der Waals surface area (Å²) in [5.41, 5.74) is 3.15.